The minimum absolute atomic E-state index is 0.0216. The quantitative estimate of drug-likeness (QED) is 0.884. The van der Waals surface area contributed by atoms with Gasteiger partial charge in [0.25, 0.3) is 0 Å². The first-order valence-corrected chi connectivity index (χ1v) is 6.71. The van der Waals surface area contributed by atoms with Crippen molar-refractivity contribution in [3.8, 4) is 11.8 Å². The lowest BCUT2D eigenvalue weighted by Gasteiger charge is -2.09. The highest BCUT2D eigenvalue weighted by atomic mass is 79.9. The highest BCUT2D eigenvalue weighted by molar-refractivity contribution is 9.10. The van der Waals surface area contributed by atoms with E-state index in [1.807, 2.05) is 6.07 Å². The highest BCUT2D eigenvalue weighted by Crippen LogP contribution is 2.24. The SMILES string of the molecule is N#Cc1ccc(NCc2ccc(OC(F)F)cn2)c(Br)c1. The van der Waals surface area contributed by atoms with Crippen molar-refractivity contribution < 1.29 is 13.5 Å². The minimum atomic E-state index is -2.86. The summed E-state index contributed by atoms with van der Waals surface area (Å²) in [4.78, 5) is 4.02. The maximum atomic E-state index is 12.0. The van der Waals surface area contributed by atoms with Gasteiger partial charge >= 0.3 is 6.61 Å². The Morgan fingerprint density at radius 3 is 2.71 bits per heavy atom. The second-order valence-electron chi connectivity index (χ2n) is 4.02. The third-order valence-corrected chi connectivity index (χ3v) is 3.24. The smallest absolute Gasteiger partial charge is 0.387 e. The molecule has 2 rings (SSSR count). The number of rotatable bonds is 5. The van der Waals surface area contributed by atoms with E-state index < -0.39 is 6.61 Å². The van der Waals surface area contributed by atoms with Gasteiger partial charge in [-0.2, -0.15) is 14.0 Å². The maximum absolute atomic E-state index is 12.0. The number of aromatic nitrogens is 1. The number of ether oxygens (including phenoxy) is 1. The molecule has 0 aliphatic heterocycles. The summed E-state index contributed by atoms with van der Waals surface area (Å²) in [7, 11) is 0. The van der Waals surface area contributed by atoms with E-state index >= 15 is 0 Å². The summed E-state index contributed by atoms with van der Waals surface area (Å²) in [6, 6.07) is 10.3. The van der Waals surface area contributed by atoms with Crippen molar-refractivity contribution in [1.29, 1.82) is 5.26 Å². The fourth-order valence-electron chi connectivity index (χ4n) is 1.60. The van der Waals surface area contributed by atoms with Gasteiger partial charge in [-0.05, 0) is 46.3 Å². The number of hydrogen-bond donors (Lipinski definition) is 1. The predicted molar refractivity (Wildman–Crippen MR) is 77.1 cm³/mol. The van der Waals surface area contributed by atoms with Gasteiger partial charge in [-0.3, -0.25) is 4.98 Å². The van der Waals surface area contributed by atoms with Crippen LogP contribution in [0.1, 0.15) is 11.3 Å². The number of benzene rings is 1. The van der Waals surface area contributed by atoms with E-state index in [0.717, 1.165) is 10.2 Å². The standard InChI is InChI=1S/C14H10BrF2N3O/c15-12-5-9(6-18)1-4-13(12)20-7-10-2-3-11(8-19-10)21-14(16)17/h1-5,8,14,20H,7H2. The van der Waals surface area contributed by atoms with Gasteiger partial charge in [-0.15, -0.1) is 0 Å². The van der Waals surface area contributed by atoms with Crippen LogP contribution >= 0.6 is 15.9 Å². The monoisotopic (exact) mass is 353 g/mol. The molecule has 0 amide bonds. The van der Waals surface area contributed by atoms with Crippen LogP contribution in [0.15, 0.2) is 41.0 Å². The summed E-state index contributed by atoms with van der Waals surface area (Å²) in [6.07, 6.45) is 1.25. The number of anilines is 1. The van der Waals surface area contributed by atoms with Crippen LogP contribution in [0.2, 0.25) is 0 Å². The molecular formula is C14H10BrF2N3O. The normalized spacial score (nSPS) is 10.2. The molecule has 0 aliphatic carbocycles. The fraction of sp³-hybridized carbons (Fsp3) is 0.143. The molecule has 0 atom stereocenters. The van der Waals surface area contributed by atoms with Gasteiger partial charge in [0.1, 0.15) is 5.75 Å². The Hall–Kier alpha value is -2.20. The lowest BCUT2D eigenvalue weighted by atomic mass is 10.2. The lowest BCUT2D eigenvalue weighted by Crippen LogP contribution is -2.05. The molecule has 1 N–H and O–H groups in total. The summed E-state index contributed by atoms with van der Waals surface area (Å²) < 4.78 is 29.0. The van der Waals surface area contributed by atoms with Crippen LogP contribution < -0.4 is 10.1 Å². The summed E-state index contributed by atoms with van der Waals surface area (Å²) >= 11 is 3.36. The second-order valence-corrected chi connectivity index (χ2v) is 4.88. The van der Waals surface area contributed by atoms with Crippen molar-refractivity contribution >= 4 is 21.6 Å². The van der Waals surface area contributed by atoms with Crippen LogP contribution in [0, 0.1) is 11.3 Å². The van der Waals surface area contributed by atoms with Crippen LogP contribution in [-0.4, -0.2) is 11.6 Å². The van der Waals surface area contributed by atoms with Crippen LogP contribution in [0.25, 0.3) is 0 Å². The molecule has 108 valence electrons. The number of nitrogens with zero attached hydrogens (tertiary/aromatic N) is 2. The van der Waals surface area contributed by atoms with Crippen molar-refractivity contribution in [3.63, 3.8) is 0 Å². The molecule has 7 heteroatoms. The van der Waals surface area contributed by atoms with Crippen LogP contribution in [0.5, 0.6) is 5.75 Å². The number of alkyl halides is 2. The number of halogens is 3. The number of pyridine rings is 1. The topological polar surface area (TPSA) is 57.9 Å². The van der Waals surface area contributed by atoms with E-state index in [-0.39, 0.29) is 5.75 Å². The van der Waals surface area contributed by atoms with E-state index in [9.17, 15) is 8.78 Å². The first-order chi connectivity index (χ1) is 10.1. The van der Waals surface area contributed by atoms with E-state index in [2.05, 4.69) is 31.0 Å². The Morgan fingerprint density at radius 2 is 2.14 bits per heavy atom. The molecule has 1 aromatic carbocycles. The van der Waals surface area contributed by atoms with Crippen molar-refractivity contribution in [2.75, 3.05) is 5.32 Å². The average Bonchev–Trinajstić information content (AvgIpc) is 2.47. The molecule has 1 heterocycles. The molecule has 4 nitrogen and oxygen atoms in total. The van der Waals surface area contributed by atoms with Gasteiger partial charge < -0.3 is 10.1 Å². The maximum Gasteiger partial charge on any atom is 0.387 e. The Balaban J connectivity index is 1.98. The summed E-state index contributed by atoms with van der Waals surface area (Å²) in [5.41, 5.74) is 2.04. The summed E-state index contributed by atoms with van der Waals surface area (Å²) in [6.45, 7) is -2.44. The Bertz CT molecular complexity index is 656. The average molecular weight is 354 g/mol. The van der Waals surface area contributed by atoms with Gasteiger partial charge in [0.05, 0.1) is 30.1 Å². The Labute approximate surface area is 128 Å². The summed E-state index contributed by atoms with van der Waals surface area (Å²) in [5.74, 6) is 0.0216. The Kier molecular flexibility index (Phi) is 5.06. The first-order valence-electron chi connectivity index (χ1n) is 5.92. The largest absolute Gasteiger partial charge is 0.433 e. The molecule has 1 aromatic heterocycles. The number of nitriles is 1. The van der Waals surface area contributed by atoms with E-state index in [0.29, 0.717) is 17.8 Å². The van der Waals surface area contributed by atoms with Gasteiger partial charge in [-0.1, -0.05) is 0 Å². The molecule has 0 saturated heterocycles. The zero-order chi connectivity index (χ0) is 15.2. The van der Waals surface area contributed by atoms with Gasteiger partial charge in [0.2, 0.25) is 0 Å². The van der Waals surface area contributed by atoms with Crippen molar-refractivity contribution in [1.82, 2.24) is 4.98 Å². The van der Waals surface area contributed by atoms with Crippen LogP contribution in [-0.2, 0) is 6.54 Å². The second kappa shape index (κ2) is 6.99. The molecule has 21 heavy (non-hydrogen) atoms. The predicted octanol–water partition coefficient (Wildman–Crippen LogP) is 3.93. The molecular weight excluding hydrogens is 344 g/mol. The number of nitrogens with one attached hydrogen (secondary N) is 1. The van der Waals surface area contributed by atoms with E-state index in [1.54, 1.807) is 24.3 Å². The molecule has 0 unspecified atom stereocenters. The molecule has 0 spiro atoms. The first kappa shape index (κ1) is 15.2. The van der Waals surface area contributed by atoms with Gasteiger partial charge in [0.15, 0.2) is 0 Å². The van der Waals surface area contributed by atoms with Crippen LogP contribution in [0.4, 0.5) is 14.5 Å². The van der Waals surface area contributed by atoms with E-state index in [1.165, 1.54) is 12.3 Å². The van der Waals surface area contributed by atoms with E-state index in [4.69, 9.17) is 5.26 Å². The fourth-order valence-corrected chi connectivity index (χ4v) is 2.12. The Morgan fingerprint density at radius 1 is 1.33 bits per heavy atom. The molecule has 0 radical (unpaired) electrons. The molecule has 0 fully saturated rings. The minimum Gasteiger partial charge on any atom is -0.433 e. The molecule has 0 saturated carbocycles. The number of hydrogen-bond acceptors (Lipinski definition) is 4. The highest BCUT2D eigenvalue weighted by Gasteiger charge is 2.05. The third-order valence-electron chi connectivity index (χ3n) is 2.58. The summed E-state index contributed by atoms with van der Waals surface area (Å²) in [5, 5.41) is 11.9. The zero-order valence-corrected chi connectivity index (χ0v) is 12.3. The molecule has 0 aliphatic rings. The molecule has 2 aromatic rings. The van der Waals surface area contributed by atoms with Gasteiger partial charge in [-0.25, -0.2) is 0 Å². The van der Waals surface area contributed by atoms with Crippen molar-refractivity contribution in [2.45, 2.75) is 13.2 Å². The van der Waals surface area contributed by atoms with Gasteiger partial charge in [0, 0.05) is 10.2 Å². The van der Waals surface area contributed by atoms with Crippen molar-refractivity contribution in [2.24, 2.45) is 0 Å². The molecule has 0 bridgehead atoms. The zero-order valence-electron chi connectivity index (χ0n) is 10.7. The third kappa shape index (κ3) is 4.39. The lowest BCUT2D eigenvalue weighted by molar-refractivity contribution is -0.0500. The van der Waals surface area contributed by atoms with Crippen LogP contribution in [0.3, 0.4) is 0 Å². The van der Waals surface area contributed by atoms with Crippen molar-refractivity contribution in [3.05, 3.63) is 52.3 Å².